The number of fused-ring (bicyclic) bond motifs is 2. The summed E-state index contributed by atoms with van der Waals surface area (Å²) in [4.78, 5) is 25.8. The number of anilines is 2. The van der Waals surface area contributed by atoms with Crippen LogP contribution in [0.1, 0.15) is 5.01 Å². The van der Waals surface area contributed by atoms with Gasteiger partial charge in [-0.25, -0.2) is 0 Å². The lowest BCUT2D eigenvalue weighted by molar-refractivity contribution is -0.570. The molecule has 1 aliphatic rings. The maximum absolute atomic E-state index is 11.8. The first-order valence-electron chi connectivity index (χ1n) is 11.9. The Hall–Kier alpha value is -4.07. The molecule has 40 heavy (non-hydrogen) atoms. The Balaban J connectivity index is 0.00000323. The van der Waals surface area contributed by atoms with E-state index in [-0.39, 0.29) is 45.2 Å². The van der Waals surface area contributed by atoms with Crippen LogP contribution in [0.5, 0.6) is 0 Å². The number of allylic oxidation sites excluding steroid dienone is 2. The van der Waals surface area contributed by atoms with Gasteiger partial charge in [0.2, 0.25) is 5.52 Å². The van der Waals surface area contributed by atoms with E-state index in [1.165, 1.54) is 35.2 Å². The summed E-state index contributed by atoms with van der Waals surface area (Å²) in [6, 6.07) is 28.9. The van der Waals surface area contributed by atoms with Crippen molar-refractivity contribution in [2.24, 2.45) is 0 Å². The van der Waals surface area contributed by atoms with Crippen molar-refractivity contribution in [2.75, 3.05) is 4.90 Å². The number of hydrogen-bond donors (Lipinski definition) is 0. The van der Waals surface area contributed by atoms with E-state index in [1.807, 2.05) is 76.2 Å². The molecule has 0 N–H and O–H groups in total. The summed E-state index contributed by atoms with van der Waals surface area (Å²) in [5, 5.41) is 25.2. The van der Waals surface area contributed by atoms with E-state index in [1.54, 1.807) is 36.4 Å². The van der Waals surface area contributed by atoms with Crippen LogP contribution in [0.3, 0.4) is 0 Å². The molecule has 1 aliphatic heterocycles. The van der Waals surface area contributed by atoms with Crippen LogP contribution in [-0.2, 0) is 0 Å². The molecule has 4 aromatic carbocycles. The van der Waals surface area contributed by atoms with Crippen molar-refractivity contribution >= 4 is 62.1 Å². The van der Waals surface area contributed by atoms with Crippen molar-refractivity contribution in [2.45, 2.75) is 4.90 Å². The third-order valence-corrected chi connectivity index (χ3v) is 8.38. The molecule has 198 valence electrons. The van der Waals surface area contributed by atoms with Crippen LogP contribution in [0.4, 0.5) is 22.7 Å². The summed E-state index contributed by atoms with van der Waals surface area (Å²) >= 11 is 3.05. The summed E-state index contributed by atoms with van der Waals surface area (Å²) in [5.41, 5.74) is 2.74. The van der Waals surface area contributed by atoms with Gasteiger partial charge in [-0.2, -0.15) is 0 Å². The molecule has 8 nitrogen and oxygen atoms in total. The Labute approximate surface area is 254 Å². The zero-order valence-electron chi connectivity index (χ0n) is 20.6. The van der Waals surface area contributed by atoms with E-state index in [0.717, 1.165) is 30.8 Å². The van der Waals surface area contributed by atoms with Gasteiger partial charge in [-0.15, -0.1) is 4.57 Å². The van der Waals surface area contributed by atoms with Crippen molar-refractivity contribution in [1.82, 2.24) is 0 Å². The largest absolute Gasteiger partial charge is 1.00 e. The Morgan fingerprint density at radius 3 is 2.15 bits per heavy atom. The van der Waals surface area contributed by atoms with Crippen LogP contribution in [-0.4, -0.2) is 9.85 Å². The zero-order valence-corrected chi connectivity index (χ0v) is 24.4. The van der Waals surface area contributed by atoms with Gasteiger partial charge in [-0.05, 0) is 30.3 Å². The molecule has 11 heteroatoms. The van der Waals surface area contributed by atoms with Crippen molar-refractivity contribution in [1.29, 1.82) is 0 Å². The molecule has 0 fully saturated rings. The highest BCUT2D eigenvalue weighted by molar-refractivity contribution is 8.03. The third-order valence-electron chi connectivity index (χ3n) is 6.20. The van der Waals surface area contributed by atoms with Crippen LogP contribution in [0.15, 0.2) is 119 Å². The minimum absolute atomic E-state index is 0. The highest BCUT2D eigenvalue weighted by Gasteiger charge is 2.31. The molecule has 0 atom stereocenters. The lowest BCUT2D eigenvalue weighted by Gasteiger charge is -2.20. The average Bonchev–Trinajstić information content (AvgIpc) is 3.50. The number of halogens is 1. The molecular weight excluding hydrogens is 659 g/mol. The lowest BCUT2D eigenvalue weighted by atomic mass is 10.2. The van der Waals surface area contributed by atoms with Crippen molar-refractivity contribution in [3.8, 4) is 5.69 Å². The summed E-state index contributed by atoms with van der Waals surface area (Å²) < 4.78 is 2.89. The van der Waals surface area contributed by atoms with E-state index < -0.39 is 0 Å². The summed E-state index contributed by atoms with van der Waals surface area (Å²) in [6.45, 7) is 0. The summed E-state index contributed by atoms with van der Waals surface area (Å²) in [5.74, 6) is 0. The van der Waals surface area contributed by atoms with Gasteiger partial charge >= 0.3 is 5.69 Å². The molecule has 0 aliphatic carbocycles. The monoisotopic (exact) mass is 678 g/mol. The number of nitro benzene ring substituents is 2. The topological polar surface area (TPSA) is 93.4 Å². The molecule has 0 bridgehead atoms. The molecule has 0 unspecified atom stereocenters. The van der Waals surface area contributed by atoms with Crippen molar-refractivity contribution in [3.05, 3.63) is 139 Å². The Morgan fingerprint density at radius 1 is 0.750 bits per heavy atom. The maximum atomic E-state index is 11.8. The van der Waals surface area contributed by atoms with Crippen LogP contribution in [0.25, 0.3) is 22.0 Å². The number of nitro groups is 2. The fourth-order valence-corrected chi connectivity index (χ4v) is 6.69. The smallest absolute Gasteiger partial charge is 0.340 e. The van der Waals surface area contributed by atoms with Crippen LogP contribution >= 0.6 is 23.1 Å². The Kier molecular flexibility index (Phi) is 7.96. The number of hydrogen-bond acceptors (Lipinski definition) is 7. The molecular formula is C29H19IN4O4S2. The molecule has 2 heterocycles. The summed E-state index contributed by atoms with van der Waals surface area (Å²) in [6.07, 6.45) is 5.71. The predicted molar refractivity (Wildman–Crippen MR) is 155 cm³/mol. The minimum atomic E-state index is -0.374. The minimum Gasteiger partial charge on any atom is -1.00 e. The highest BCUT2D eigenvalue weighted by Crippen LogP contribution is 2.51. The first kappa shape index (κ1) is 27.5. The predicted octanol–water partition coefficient (Wildman–Crippen LogP) is 4.80. The quantitative estimate of drug-likeness (QED) is 0.111. The summed E-state index contributed by atoms with van der Waals surface area (Å²) in [7, 11) is 0. The molecule has 5 aromatic rings. The van der Waals surface area contributed by atoms with Crippen molar-refractivity contribution in [3.63, 3.8) is 0 Å². The number of rotatable bonds is 6. The van der Waals surface area contributed by atoms with Gasteiger partial charge in [0.05, 0.1) is 20.6 Å². The van der Waals surface area contributed by atoms with E-state index in [0.29, 0.717) is 11.4 Å². The van der Waals surface area contributed by atoms with Gasteiger partial charge in [0.1, 0.15) is 10.4 Å². The fraction of sp³-hybridized carbons (Fsp3) is 0. The number of thiazole rings is 1. The van der Waals surface area contributed by atoms with Crippen molar-refractivity contribution < 1.29 is 38.4 Å². The van der Waals surface area contributed by atoms with E-state index in [9.17, 15) is 20.2 Å². The maximum Gasteiger partial charge on any atom is 0.340 e. The van der Waals surface area contributed by atoms with Crippen LogP contribution in [0.2, 0.25) is 0 Å². The molecule has 6 rings (SSSR count). The number of aromatic nitrogens is 1. The molecule has 0 amide bonds. The fourth-order valence-electron chi connectivity index (χ4n) is 4.55. The third kappa shape index (κ3) is 4.98. The molecule has 0 saturated heterocycles. The first-order valence-corrected chi connectivity index (χ1v) is 13.5. The van der Waals surface area contributed by atoms with Gasteiger partial charge in [-0.1, -0.05) is 77.7 Å². The molecule has 0 spiro atoms. The second-order valence-corrected chi connectivity index (χ2v) is 10.6. The molecule has 1 aromatic heterocycles. The highest BCUT2D eigenvalue weighted by atomic mass is 127. The second-order valence-electron chi connectivity index (χ2n) is 8.50. The van der Waals surface area contributed by atoms with Gasteiger partial charge in [0, 0.05) is 35.2 Å². The van der Waals surface area contributed by atoms with E-state index in [4.69, 9.17) is 0 Å². The van der Waals surface area contributed by atoms with Gasteiger partial charge in [0.15, 0.2) is 0 Å². The number of benzene rings is 4. The Morgan fingerprint density at radius 2 is 1.38 bits per heavy atom. The molecule has 0 radical (unpaired) electrons. The van der Waals surface area contributed by atoms with Gasteiger partial charge in [0.25, 0.3) is 16.4 Å². The normalized spacial score (nSPS) is 13.5. The van der Waals surface area contributed by atoms with Gasteiger partial charge in [-0.3, -0.25) is 25.1 Å². The average molecular weight is 679 g/mol. The first-order chi connectivity index (χ1) is 19.0. The number of para-hydroxylation sites is 6. The van der Waals surface area contributed by atoms with E-state index in [2.05, 4.69) is 0 Å². The van der Waals surface area contributed by atoms with Gasteiger partial charge < -0.3 is 24.0 Å². The van der Waals surface area contributed by atoms with E-state index >= 15 is 0 Å². The number of nitrogens with zero attached hydrogens (tertiary/aromatic N) is 4. The standard InChI is InChI=1S/C29H19N4O4S2.HI/c34-32(35)22-12-3-1-10-20(22)30-24-14-5-7-16-26(24)38-28(30)18-9-19-29-31(25-15-6-8-17-27(25)39-29)21-11-2-4-13-23(21)33(36)37;/h1-19H;1H/q+1;/p-1. The number of thioether (sulfide) groups is 1. The second kappa shape index (κ2) is 11.6. The molecule has 0 saturated carbocycles. The van der Waals surface area contributed by atoms with Crippen LogP contribution < -0.4 is 33.4 Å². The zero-order chi connectivity index (χ0) is 26.9. The Bertz CT molecular complexity index is 1840. The SMILES string of the molecule is O=[N+]([O-])c1ccccc1N1C(=CC=Cc2sc3ccccc3[n+]2-c2ccccc2[N+](=O)[O-])Sc2ccccc21.[I-]. The lowest BCUT2D eigenvalue weighted by Crippen LogP contribution is -3.00. The van der Waals surface area contributed by atoms with Crippen LogP contribution in [0, 0.1) is 20.2 Å².